The molecule has 20 heavy (non-hydrogen) atoms. The topological polar surface area (TPSA) is 43.2 Å². The molecule has 1 aliphatic carbocycles. The molecule has 0 unspecified atom stereocenters. The highest BCUT2D eigenvalue weighted by Gasteiger charge is 2.27. The van der Waals surface area contributed by atoms with Gasteiger partial charge in [0.05, 0.1) is 0 Å². The maximum absolute atomic E-state index is 4.98. The number of benzene rings is 2. The molecule has 0 atom stereocenters. The Labute approximate surface area is 117 Å². The Morgan fingerprint density at radius 1 is 0.600 bits per heavy atom. The van der Waals surface area contributed by atoms with Crippen LogP contribution in [0, 0.1) is 0 Å². The van der Waals surface area contributed by atoms with E-state index in [1.807, 2.05) is 36.4 Å². The summed E-state index contributed by atoms with van der Waals surface area (Å²) in [5.41, 5.74) is 5.59. The van der Waals surface area contributed by atoms with E-state index in [2.05, 4.69) is 22.4 Å². The van der Waals surface area contributed by atoms with Gasteiger partial charge in [-0.3, -0.25) is 0 Å². The van der Waals surface area contributed by atoms with Crippen molar-refractivity contribution in [1.29, 1.82) is 0 Å². The second-order valence-corrected chi connectivity index (χ2v) is 4.34. The molecule has 2 aromatic rings. The van der Waals surface area contributed by atoms with Crippen LogP contribution in [0.5, 0.6) is 0 Å². The average Bonchev–Trinajstić information content (AvgIpc) is 2.51. The van der Waals surface area contributed by atoms with Crippen molar-refractivity contribution in [3.8, 4) is 11.1 Å². The summed E-state index contributed by atoms with van der Waals surface area (Å²) in [6.45, 7) is 0. The molecule has 0 fully saturated rings. The van der Waals surface area contributed by atoms with Gasteiger partial charge >= 0.3 is 0 Å². The van der Waals surface area contributed by atoms with Crippen LogP contribution in [0.25, 0.3) is 11.1 Å². The minimum atomic E-state index is 0.684. The van der Waals surface area contributed by atoms with Crippen molar-refractivity contribution in [3.05, 3.63) is 59.7 Å². The van der Waals surface area contributed by atoms with Gasteiger partial charge in [0.15, 0.2) is 0 Å². The zero-order chi connectivity index (χ0) is 13.9. The number of nitrogens with zero attached hydrogens (tertiary/aromatic N) is 2. The van der Waals surface area contributed by atoms with Crippen molar-refractivity contribution >= 4 is 11.4 Å². The molecule has 2 aromatic carbocycles. The van der Waals surface area contributed by atoms with Gasteiger partial charge in [-0.1, -0.05) is 58.8 Å². The van der Waals surface area contributed by atoms with Gasteiger partial charge in [0.1, 0.15) is 25.6 Å². The van der Waals surface area contributed by atoms with Gasteiger partial charge < -0.3 is 9.68 Å². The summed E-state index contributed by atoms with van der Waals surface area (Å²) in [6.07, 6.45) is 0. The monoisotopic (exact) mass is 266 g/mol. The van der Waals surface area contributed by atoms with Crippen molar-refractivity contribution in [1.82, 2.24) is 0 Å². The van der Waals surface area contributed by atoms with E-state index in [4.69, 9.17) is 9.68 Å². The maximum Gasteiger partial charge on any atom is 0.140 e. The fourth-order valence-corrected chi connectivity index (χ4v) is 2.47. The lowest BCUT2D eigenvalue weighted by atomic mass is 9.83. The molecular weight excluding hydrogens is 252 g/mol. The first-order valence-corrected chi connectivity index (χ1v) is 6.28. The molecule has 0 aliphatic heterocycles. The van der Waals surface area contributed by atoms with E-state index in [0.29, 0.717) is 11.4 Å². The standard InChI is InChI=1S/C16H14N2O2/c1-19-17-15-13-9-5-3-7-11(13)12-8-4-6-10-14(12)16(15)18-20-2/h3-10H,1-2H3/b17-15+,18-16+. The predicted octanol–water partition coefficient (Wildman–Crippen LogP) is 3.07. The zero-order valence-corrected chi connectivity index (χ0v) is 11.3. The zero-order valence-electron chi connectivity index (χ0n) is 11.3. The summed E-state index contributed by atoms with van der Waals surface area (Å²) < 4.78 is 0. The van der Waals surface area contributed by atoms with Crippen LogP contribution in [0.2, 0.25) is 0 Å². The van der Waals surface area contributed by atoms with Crippen LogP contribution in [0.4, 0.5) is 0 Å². The Morgan fingerprint density at radius 2 is 0.950 bits per heavy atom. The van der Waals surface area contributed by atoms with Gasteiger partial charge in [-0.25, -0.2) is 0 Å². The highest BCUT2D eigenvalue weighted by Crippen LogP contribution is 2.33. The van der Waals surface area contributed by atoms with Gasteiger partial charge in [0, 0.05) is 11.1 Å². The molecule has 1 aliphatic rings. The molecule has 4 nitrogen and oxygen atoms in total. The van der Waals surface area contributed by atoms with Crippen molar-refractivity contribution in [2.45, 2.75) is 0 Å². The summed E-state index contributed by atoms with van der Waals surface area (Å²) in [7, 11) is 3.06. The van der Waals surface area contributed by atoms with Crippen molar-refractivity contribution in [3.63, 3.8) is 0 Å². The van der Waals surface area contributed by atoms with Gasteiger partial charge in [0.2, 0.25) is 0 Å². The van der Waals surface area contributed by atoms with E-state index < -0.39 is 0 Å². The smallest absolute Gasteiger partial charge is 0.140 e. The van der Waals surface area contributed by atoms with E-state index in [1.54, 1.807) is 0 Å². The van der Waals surface area contributed by atoms with Crippen LogP contribution < -0.4 is 0 Å². The average molecular weight is 266 g/mol. The molecule has 0 heterocycles. The van der Waals surface area contributed by atoms with Gasteiger partial charge in [-0.15, -0.1) is 0 Å². The molecule has 0 bridgehead atoms. The molecule has 0 aromatic heterocycles. The van der Waals surface area contributed by atoms with E-state index in [1.165, 1.54) is 14.2 Å². The summed E-state index contributed by atoms with van der Waals surface area (Å²) in [6, 6.07) is 16.1. The minimum absolute atomic E-state index is 0.684. The van der Waals surface area contributed by atoms with Crippen LogP contribution in [0.15, 0.2) is 58.8 Å². The van der Waals surface area contributed by atoms with Crippen LogP contribution in [-0.4, -0.2) is 25.6 Å². The van der Waals surface area contributed by atoms with Gasteiger partial charge in [-0.2, -0.15) is 0 Å². The van der Waals surface area contributed by atoms with Crippen molar-refractivity contribution < 1.29 is 9.68 Å². The molecule has 3 rings (SSSR count). The predicted molar refractivity (Wildman–Crippen MR) is 79.0 cm³/mol. The molecule has 0 N–H and O–H groups in total. The van der Waals surface area contributed by atoms with Gasteiger partial charge in [-0.05, 0) is 11.1 Å². The Hall–Kier alpha value is -2.62. The molecule has 100 valence electrons. The fourth-order valence-electron chi connectivity index (χ4n) is 2.47. The second-order valence-electron chi connectivity index (χ2n) is 4.34. The lowest BCUT2D eigenvalue weighted by Crippen LogP contribution is -2.23. The summed E-state index contributed by atoms with van der Waals surface area (Å²) in [5, 5.41) is 8.26. The number of fused-ring (bicyclic) bond motifs is 3. The lowest BCUT2D eigenvalue weighted by Gasteiger charge is -2.21. The Bertz CT molecular complexity index is 644. The van der Waals surface area contributed by atoms with E-state index in [-0.39, 0.29) is 0 Å². The Kier molecular flexibility index (Phi) is 3.21. The first-order chi connectivity index (χ1) is 9.86. The highest BCUT2D eigenvalue weighted by molar-refractivity contribution is 6.56. The largest absolute Gasteiger partial charge is 0.399 e. The van der Waals surface area contributed by atoms with Crippen LogP contribution >= 0.6 is 0 Å². The second kappa shape index (κ2) is 5.17. The molecule has 4 heteroatoms. The summed E-state index contributed by atoms with van der Waals surface area (Å²) in [4.78, 5) is 9.96. The van der Waals surface area contributed by atoms with Crippen molar-refractivity contribution in [2.75, 3.05) is 14.2 Å². The first kappa shape index (κ1) is 12.4. The number of hydrogen-bond acceptors (Lipinski definition) is 4. The molecule has 0 spiro atoms. The quantitative estimate of drug-likeness (QED) is 0.784. The number of rotatable bonds is 2. The molecule has 0 saturated heterocycles. The van der Waals surface area contributed by atoms with Crippen molar-refractivity contribution in [2.24, 2.45) is 10.3 Å². The SMILES string of the molecule is CO/N=C1/C(=N/OC)c2ccccc2-c2ccccc21. The third-order valence-corrected chi connectivity index (χ3v) is 3.24. The third-order valence-electron chi connectivity index (χ3n) is 3.24. The molecule has 0 radical (unpaired) electrons. The molecule has 0 saturated carbocycles. The summed E-state index contributed by atoms with van der Waals surface area (Å²) >= 11 is 0. The minimum Gasteiger partial charge on any atom is -0.399 e. The van der Waals surface area contributed by atoms with E-state index in [9.17, 15) is 0 Å². The number of oxime groups is 2. The third kappa shape index (κ3) is 1.86. The van der Waals surface area contributed by atoms with E-state index in [0.717, 1.165) is 22.3 Å². The lowest BCUT2D eigenvalue weighted by molar-refractivity contribution is 0.210. The molecular formula is C16H14N2O2. The normalized spacial score (nSPS) is 16.7. The van der Waals surface area contributed by atoms with Gasteiger partial charge in [0.25, 0.3) is 0 Å². The van der Waals surface area contributed by atoms with E-state index >= 15 is 0 Å². The Morgan fingerprint density at radius 3 is 1.30 bits per heavy atom. The maximum atomic E-state index is 4.98. The summed E-state index contributed by atoms with van der Waals surface area (Å²) in [5.74, 6) is 0. The Balaban J connectivity index is 2.35. The number of hydrogen-bond donors (Lipinski definition) is 0. The van der Waals surface area contributed by atoms with Crippen LogP contribution in [0.3, 0.4) is 0 Å². The van der Waals surface area contributed by atoms with Crippen LogP contribution in [0.1, 0.15) is 11.1 Å². The first-order valence-electron chi connectivity index (χ1n) is 6.28. The van der Waals surface area contributed by atoms with Crippen LogP contribution in [-0.2, 0) is 9.68 Å². The molecule has 0 amide bonds. The fraction of sp³-hybridized carbons (Fsp3) is 0.125. The highest BCUT2D eigenvalue weighted by atomic mass is 16.6.